The summed E-state index contributed by atoms with van der Waals surface area (Å²) in [6.45, 7) is 3.17. The summed E-state index contributed by atoms with van der Waals surface area (Å²) in [4.78, 5) is 29.2. The smallest absolute Gasteiger partial charge is 0.264 e. The molecule has 0 spiro atoms. The monoisotopic (exact) mass is 460 g/mol. The lowest BCUT2D eigenvalue weighted by Crippen LogP contribution is -2.48. The number of hydrogen-bond donors (Lipinski definition) is 2. The average Bonchev–Trinajstić information content (AvgIpc) is 3.26. The molecule has 10 nitrogen and oxygen atoms in total. The second-order valence-electron chi connectivity index (χ2n) is 6.90. The molecule has 1 amide bonds. The Morgan fingerprint density at radius 1 is 1.10 bits per heavy atom. The van der Waals surface area contributed by atoms with Gasteiger partial charge in [-0.3, -0.25) is 9.59 Å². The van der Waals surface area contributed by atoms with Crippen LogP contribution in [0.4, 0.5) is 11.5 Å². The predicted molar refractivity (Wildman–Crippen MR) is 118 cm³/mol. The van der Waals surface area contributed by atoms with Gasteiger partial charge in [-0.15, -0.1) is 11.3 Å². The Morgan fingerprint density at radius 2 is 1.87 bits per heavy atom. The maximum Gasteiger partial charge on any atom is 0.264 e. The van der Waals surface area contributed by atoms with E-state index in [1.165, 1.54) is 17.3 Å². The number of aromatic amines is 1. The van der Waals surface area contributed by atoms with Crippen molar-refractivity contribution in [3.05, 3.63) is 52.9 Å². The summed E-state index contributed by atoms with van der Waals surface area (Å²) >= 11 is 1.12. The average molecular weight is 461 g/mol. The lowest BCUT2D eigenvalue weighted by Gasteiger charge is -2.35. The van der Waals surface area contributed by atoms with Gasteiger partial charge >= 0.3 is 0 Å². The molecule has 31 heavy (non-hydrogen) atoms. The molecule has 2 N–H and O–H groups in total. The molecular formula is C19H20N6O4S2. The van der Waals surface area contributed by atoms with E-state index in [0.717, 1.165) is 17.0 Å². The van der Waals surface area contributed by atoms with E-state index in [-0.39, 0.29) is 15.7 Å². The van der Waals surface area contributed by atoms with Crippen LogP contribution in [-0.4, -0.2) is 60.0 Å². The number of carbonyl (C=O) groups is 1. The molecule has 0 saturated carbocycles. The number of rotatable bonds is 5. The first-order chi connectivity index (χ1) is 14.8. The quantitative estimate of drug-likeness (QED) is 0.588. The highest BCUT2D eigenvalue weighted by Gasteiger charge is 2.30. The molecule has 12 heteroatoms. The van der Waals surface area contributed by atoms with Crippen LogP contribution in [0.15, 0.2) is 51.6 Å². The number of carbonyl (C=O) groups excluding carboxylic acids is 1. The number of thiophene rings is 1. The van der Waals surface area contributed by atoms with E-state index in [1.54, 1.807) is 30.5 Å². The Labute approximate surface area is 182 Å². The number of nitrogens with zero attached hydrogens (tertiary/aromatic N) is 4. The molecule has 1 saturated heterocycles. The first kappa shape index (κ1) is 21.2. The molecule has 4 rings (SSSR count). The highest BCUT2D eigenvalue weighted by molar-refractivity contribution is 7.91. The van der Waals surface area contributed by atoms with Gasteiger partial charge in [-0.05, 0) is 30.3 Å². The predicted octanol–water partition coefficient (Wildman–Crippen LogP) is 1.36. The van der Waals surface area contributed by atoms with Crippen molar-refractivity contribution < 1.29 is 13.2 Å². The maximum atomic E-state index is 13.1. The van der Waals surface area contributed by atoms with Gasteiger partial charge in [0.1, 0.15) is 15.7 Å². The molecule has 0 atom stereocenters. The van der Waals surface area contributed by atoms with Crippen molar-refractivity contribution in [2.45, 2.75) is 11.1 Å². The maximum absolute atomic E-state index is 13.1. The van der Waals surface area contributed by atoms with Gasteiger partial charge in [0.05, 0.1) is 16.8 Å². The van der Waals surface area contributed by atoms with Gasteiger partial charge in [-0.25, -0.2) is 18.5 Å². The summed E-state index contributed by atoms with van der Waals surface area (Å²) in [7, 11) is -3.62. The Hall–Kier alpha value is -3.09. The second-order valence-corrected chi connectivity index (χ2v) is 10.1. The number of H-pyrrole nitrogens is 1. The molecule has 0 aromatic carbocycles. The number of sulfonamides is 1. The number of piperazine rings is 1. The van der Waals surface area contributed by atoms with Gasteiger partial charge in [0.25, 0.3) is 15.6 Å². The van der Waals surface area contributed by atoms with E-state index < -0.39 is 10.0 Å². The van der Waals surface area contributed by atoms with Crippen molar-refractivity contribution in [2.75, 3.05) is 36.4 Å². The van der Waals surface area contributed by atoms with Crippen LogP contribution in [0.3, 0.4) is 0 Å². The highest BCUT2D eigenvalue weighted by atomic mass is 32.2. The van der Waals surface area contributed by atoms with E-state index in [4.69, 9.17) is 0 Å². The molecule has 0 aliphatic carbocycles. The first-order valence-electron chi connectivity index (χ1n) is 9.47. The topological polar surface area (TPSA) is 128 Å². The molecule has 1 fully saturated rings. The Morgan fingerprint density at radius 3 is 2.48 bits per heavy atom. The van der Waals surface area contributed by atoms with Gasteiger partial charge in [0, 0.05) is 39.2 Å². The normalized spacial score (nSPS) is 15.1. The third-order valence-electron chi connectivity index (χ3n) is 4.76. The van der Waals surface area contributed by atoms with Crippen LogP contribution in [0.2, 0.25) is 0 Å². The van der Waals surface area contributed by atoms with E-state index >= 15 is 0 Å². The number of hydrogen-bond acceptors (Lipinski definition) is 8. The van der Waals surface area contributed by atoms with E-state index in [0.29, 0.717) is 42.6 Å². The largest absolute Gasteiger partial charge is 0.368 e. The standard InChI is InChI=1S/C19H20N6O4S2/c1-13(26)21-17-5-2-14(12-20-17)24-8-10-25(11-9-24)31(28,29)19-7-4-16(30-19)15-3-6-18(27)23-22-15/h2-7,12H,8-11H2,1H3,(H,23,27)(H,20,21,26). The van der Waals surface area contributed by atoms with Crippen LogP contribution in [0, 0.1) is 0 Å². The third-order valence-corrected chi connectivity index (χ3v) is 8.24. The van der Waals surface area contributed by atoms with Crippen molar-refractivity contribution in [2.24, 2.45) is 0 Å². The van der Waals surface area contributed by atoms with Crippen LogP contribution in [0.5, 0.6) is 0 Å². The molecule has 0 unspecified atom stereocenters. The van der Waals surface area contributed by atoms with Gasteiger partial charge in [-0.2, -0.15) is 9.40 Å². The third kappa shape index (κ3) is 4.65. The number of pyridine rings is 1. The van der Waals surface area contributed by atoms with Crippen molar-refractivity contribution in [3.63, 3.8) is 0 Å². The highest BCUT2D eigenvalue weighted by Crippen LogP contribution is 2.31. The Kier molecular flexibility index (Phi) is 5.85. The fourth-order valence-electron chi connectivity index (χ4n) is 3.22. The minimum atomic E-state index is -3.62. The lowest BCUT2D eigenvalue weighted by molar-refractivity contribution is -0.114. The fraction of sp³-hybridized carbons (Fsp3) is 0.263. The zero-order chi connectivity index (χ0) is 22.0. The molecule has 0 radical (unpaired) electrons. The van der Waals surface area contributed by atoms with Crippen LogP contribution in [-0.2, 0) is 14.8 Å². The van der Waals surface area contributed by atoms with Crippen LogP contribution >= 0.6 is 11.3 Å². The number of amides is 1. The molecule has 162 valence electrons. The zero-order valence-electron chi connectivity index (χ0n) is 16.6. The SMILES string of the molecule is CC(=O)Nc1ccc(N2CCN(S(=O)(=O)c3ccc(-c4ccc(=O)[nH]n4)s3)CC2)cn1. The molecule has 3 aromatic heterocycles. The van der Waals surface area contributed by atoms with Gasteiger partial charge in [0.15, 0.2) is 0 Å². The molecule has 0 bridgehead atoms. The fourth-order valence-corrected chi connectivity index (χ4v) is 6.07. The minimum absolute atomic E-state index is 0.188. The van der Waals surface area contributed by atoms with E-state index in [2.05, 4.69) is 25.4 Å². The Balaban J connectivity index is 1.43. The zero-order valence-corrected chi connectivity index (χ0v) is 18.2. The summed E-state index contributed by atoms with van der Waals surface area (Å²) in [5.41, 5.74) is 1.07. The number of anilines is 2. The minimum Gasteiger partial charge on any atom is -0.368 e. The molecular weight excluding hydrogens is 440 g/mol. The summed E-state index contributed by atoms with van der Waals surface area (Å²) in [6.07, 6.45) is 1.66. The summed E-state index contributed by atoms with van der Waals surface area (Å²) < 4.78 is 27.8. The van der Waals surface area contributed by atoms with Gasteiger partial charge in [0.2, 0.25) is 5.91 Å². The molecule has 1 aliphatic rings. The van der Waals surface area contributed by atoms with Crippen molar-refractivity contribution >= 4 is 38.8 Å². The number of aromatic nitrogens is 3. The molecule has 1 aliphatic heterocycles. The lowest BCUT2D eigenvalue weighted by atomic mass is 10.3. The summed E-state index contributed by atoms with van der Waals surface area (Å²) in [5, 5.41) is 8.92. The van der Waals surface area contributed by atoms with Crippen LogP contribution < -0.4 is 15.8 Å². The van der Waals surface area contributed by atoms with Crippen LogP contribution in [0.25, 0.3) is 10.6 Å². The molecule has 3 aromatic rings. The summed E-state index contributed by atoms with van der Waals surface area (Å²) in [5.74, 6) is 0.287. The van der Waals surface area contributed by atoms with Crippen LogP contribution in [0.1, 0.15) is 6.92 Å². The second kappa shape index (κ2) is 8.57. The van der Waals surface area contributed by atoms with E-state index in [1.807, 2.05) is 6.07 Å². The number of nitrogens with one attached hydrogen (secondary N) is 2. The van der Waals surface area contributed by atoms with Crippen molar-refractivity contribution in [1.82, 2.24) is 19.5 Å². The first-order valence-corrected chi connectivity index (χ1v) is 11.7. The summed E-state index contributed by atoms with van der Waals surface area (Å²) in [6, 6.07) is 9.75. The van der Waals surface area contributed by atoms with Gasteiger partial charge < -0.3 is 10.2 Å². The molecule has 4 heterocycles. The van der Waals surface area contributed by atoms with Crippen molar-refractivity contribution in [3.8, 4) is 10.6 Å². The van der Waals surface area contributed by atoms with Crippen molar-refractivity contribution in [1.29, 1.82) is 0 Å². The van der Waals surface area contributed by atoms with Gasteiger partial charge in [-0.1, -0.05) is 0 Å². The Bertz CT molecular complexity index is 1220. The van der Waals surface area contributed by atoms with E-state index in [9.17, 15) is 18.0 Å².